The third-order valence-electron chi connectivity index (χ3n) is 3.01. The molecule has 17 heavy (non-hydrogen) atoms. The zero-order chi connectivity index (χ0) is 11.9. The van der Waals surface area contributed by atoms with Crippen molar-refractivity contribution >= 4 is 6.21 Å². The summed E-state index contributed by atoms with van der Waals surface area (Å²) in [6.07, 6.45) is 7.88. The van der Waals surface area contributed by atoms with Crippen LogP contribution in [0.25, 0.3) is 0 Å². The molecule has 87 valence electrons. The quantitative estimate of drug-likeness (QED) is 0.586. The lowest BCUT2D eigenvalue weighted by Gasteiger charge is -2.02. The van der Waals surface area contributed by atoms with Crippen molar-refractivity contribution < 1.29 is 4.84 Å². The Kier molecular flexibility index (Phi) is 4.15. The predicted molar refractivity (Wildman–Crippen MR) is 65.3 cm³/mol. The van der Waals surface area contributed by atoms with Crippen molar-refractivity contribution in [2.75, 3.05) is 0 Å². The Hall–Kier alpha value is -1.82. The molecule has 0 N–H and O–H groups in total. The molecule has 1 aromatic carbocycles. The van der Waals surface area contributed by atoms with E-state index in [4.69, 9.17) is 10.1 Å². The molecule has 1 aromatic rings. The lowest BCUT2D eigenvalue weighted by atomic mass is 10.1. The van der Waals surface area contributed by atoms with E-state index in [2.05, 4.69) is 17.4 Å². The molecular formula is C14H15N2O. The fourth-order valence-electron chi connectivity index (χ4n) is 2.02. The largest absolute Gasteiger partial charge is 0.391 e. The summed E-state index contributed by atoms with van der Waals surface area (Å²) in [5.41, 5.74) is 1.51. The van der Waals surface area contributed by atoms with Crippen LogP contribution in [0.2, 0.25) is 0 Å². The Labute approximate surface area is 102 Å². The average molecular weight is 227 g/mol. The molecule has 0 atom stereocenters. The molecule has 1 aliphatic rings. The lowest BCUT2D eigenvalue weighted by molar-refractivity contribution is 0.130. The maximum absolute atomic E-state index is 8.90. The number of nitriles is 1. The van der Waals surface area contributed by atoms with Gasteiger partial charge in [-0.05, 0) is 18.9 Å². The molecule has 0 spiro atoms. The van der Waals surface area contributed by atoms with Crippen molar-refractivity contribution in [2.24, 2.45) is 11.1 Å². The number of hydrogen-bond acceptors (Lipinski definition) is 3. The molecule has 2 rings (SSSR count). The lowest BCUT2D eigenvalue weighted by Crippen LogP contribution is -1.96. The van der Waals surface area contributed by atoms with Crippen LogP contribution in [-0.2, 0) is 11.4 Å². The second-order valence-electron chi connectivity index (χ2n) is 4.24. The highest BCUT2D eigenvalue weighted by Crippen LogP contribution is 2.22. The molecular weight excluding hydrogens is 212 g/mol. The van der Waals surface area contributed by atoms with E-state index in [9.17, 15) is 0 Å². The molecule has 0 aliphatic heterocycles. The van der Waals surface area contributed by atoms with Gasteiger partial charge in [-0.3, -0.25) is 0 Å². The molecule has 0 saturated heterocycles. The van der Waals surface area contributed by atoms with E-state index >= 15 is 0 Å². The van der Waals surface area contributed by atoms with E-state index in [0.717, 1.165) is 5.56 Å². The van der Waals surface area contributed by atoms with Gasteiger partial charge in [0.15, 0.2) is 0 Å². The van der Waals surface area contributed by atoms with Gasteiger partial charge in [-0.25, -0.2) is 0 Å². The maximum Gasteiger partial charge on any atom is 0.143 e. The Morgan fingerprint density at radius 2 is 2.06 bits per heavy atom. The van der Waals surface area contributed by atoms with Crippen molar-refractivity contribution in [3.63, 3.8) is 0 Å². The van der Waals surface area contributed by atoms with Crippen LogP contribution in [0.4, 0.5) is 0 Å². The van der Waals surface area contributed by atoms with Crippen molar-refractivity contribution in [3.8, 4) is 6.07 Å². The van der Waals surface area contributed by atoms with E-state index in [1.807, 2.05) is 18.2 Å². The topological polar surface area (TPSA) is 45.4 Å². The van der Waals surface area contributed by atoms with Gasteiger partial charge >= 0.3 is 0 Å². The first kappa shape index (κ1) is 11.7. The maximum atomic E-state index is 8.90. The second kappa shape index (κ2) is 6.05. The van der Waals surface area contributed by atoms with Crippen molar-refractivity contribution in [3.05, 3.63) is 35.4 Å². The normalized spacial score (nSPS) is 16.2. The summed E-state index contributed by atoms with van der Waals surface area (Å²) in [4.78, 5) is 5.19. The van der Waals surface area contributed by atoms with Gasteiger partial charge < -0.3 is 4.84 Å². The van der Waals surface area contributed by atoms with Gasteiger partial charge in [-0.2, -0.15) is 5.26 Å². The summed E-state index contributed by atoms with van der Waals surface area (Å²) in [7, 11) is 0. The van der Waals surface area contributed by atoms with E-state index in [1.165, 1.54) is 25.7 Å². The van der Waals surface area contributed by atoms with Crippen LogP contribution in [0.3, 0.4) is 0 Å². The standard InChI is InChI=1S/C14H15N2O/c15-9-13-7-3-4-8-14(13)11-17-16-10-12-5-1-2-6-12/h3-4,7-8,12H,1-2,5-6,11H2. The molecule has 3 heteroatoms. The van der Waals surface area contributed by atoms with Crippen molar-refractivity contribution in [1.82, 2.24) is 0 Å². The minimum atomic E-state index is 0.337. The van der Waals surface area contributed by atoms with Gasteiger partial charge in [0, 0.05) is 11.5 Å². The second-order valence-corrected chi connectivity index (χ2v) is 4.24. The predicted octanol–water partition coefficient (Wildman–Crippen LogP) is 3.13. The van der Waals surface area contributed by atoms with Crippen LogP contribution < -0.4 is 0 Å². The Morgan fingerprint density at radius 3 is 2.82 bits per heavy atom. The fourth-order valence-corrected chi connectivity index (χ4v) is 2.02. The monoisotopic (exact) mass is 227 g/mol. The minimum Gasteiger partial charge on any atom is -0.391 e. The van der Waals surface area contributed by atoms with E-state index < -0.39 is 0 Å². The first-order valence-corrected chi connectivity index (χ1v) is 5.95. The first-order valence-electron chi connectivity index (χ1n) is 5.95. The van der Waals surface area contributed by atoms with Crippen LogP contribution in [0.5, 0.6) is 0 Å². The Balaban J connectivity index is 1.83. The van der Waals surface area contributed by atoms with Crippen molar-refractivity contribution in [2.45, 2.75) is 32.3 Å². The van der Waals surface area contributed by atoms with Gasteiger partial charge in [0.05, 0.1) is 11.6 Å². The summed E-state index contributed by atoms with van der Waals surface area (Å²) in [5, 5.41) is 12.8. The zero-order valence-corrected chi connectivity index (χ0v) is 9.72. The number of hydrogen-bond donors (Lipinski definition) is 0. The molecule has 0 bridgehead atoms. The molecule has 0 heterocycles. The molecule has 0 unspecified atom stereocenters. The average Bonchev–Trinajstić information content (AvgIpc) is 2.88. The summed E-state index contributed by atoms with van der Waals surface area (Å²) < 4.78 is 0. The van der Waals surface area contributed by atoms with Gasteiger partial charge in [0.2, 0.25) is 0 Å². The van der Waals surface area contributed by atoms with Crippen LogP contribution >= 0.6 is 0 Å². The number of benzene rings is 1. The molecule has 1 aliphatic carbocycles. The third-order valence-corrected chi connectivity index (χ3v) is 3.01. The van der Waals surface area contributed by atoms with Crippen molar-refractivity contribution in [1.29, 1.82) is 5.26 Å². The Bertz CT molecular complexity index is 428. The highest BCUT2D eigenvalue weighted by Gasteiger charge is 2.13. The smallest absolute Gasteiger partial charge is 0.143 e. The number of rotatable bonds is 4. The van der Waals surface area contributed by atoms with Crippen LogP contribution in [-0.4, -0.2) is 6.21 Å². The van der Waals surface area contributed by atoms with E-state index in [0.29, 0.717) is 18.1 Å². The summed E-state index contributed by atoms with van der Waals surface area (Å²) in [6.45, 7) is 0.337. The molecule has 3 nitrogen and oxygen atoms in total. The Morgan fingerprint density at radius 1 is 1.29 bits per heavy atom. The highest BCUT2D eigenvalue weighted by molar-refractivity contribution is 5.60. The minimum absolute atomic E-state index is 0.337. The molecule has 0 aromatic heterocycles. The SMILES string of the molecule is N#Cc1ccccc1CO/N=[C]\C1CCCC1. The van der Waals surface area contributed by atoms with Gasteiger partial charge in [-0.1, -0.05) is 36.2 Å². The molecule has 1 radical (unpaired) electrons. The van der Waals surface area contributed by atoms with E-state index in [-0.39, 0.29) is 0 Å². The first-order chi connectivity index (χ1) is 8.40. The number of nitrogens with zero attached hydrogens (tertiary/aromatic N) is 2. The molecule has 0 amide bonds. The summed E-state index contributed by atoms with van der Waals surface area (Å²) in [5.74, 6) is 0.459. The van der Waals surface area contributed by atoms with Crippen LogP contribution in [0, 0.1) is 17.2 Å². The summed E-state index contributed by atoms with van der Waals surface area (Å²) in [6, 6.07) is 9.53. The van der Waals surface area contributed by atoms with E-state index in [1.54, 1.807) is 6.07 Å². The molecule has 1 fully saturated rings. The van der Waals surface area contributed by atoms with Crippen LogP contribution in [0.15, 0.2) is 29.4 Å². The van der Waals surface area contributed by atoms with Gasteiger partial charge in [-0.15, -0.1) is 0 Å². The summed E-state index contributed by atoms with van der Waals surface area (Å²) >= 11 is 0. The van der Waals surface area contributed by atoms with Crippen LogP contribution in [0.1, 0.15) is 36.8 Å². The third kappa shape index (κ3) is 3.32. The van der Waals surface area contributed by atoms with Gasteiger partial charge in [0.25, 0.3) is 0 Å². The zero-order valence-electron chi connectivity index (χ0n) is 9.72. The molecule has 1 saturated carbocycles. The highest BCUT2D eigenvalue weighted by atomic mass is 16.6. The fraction of sp³-hybridized carbons (Fsp3) is 0.429. The van der Waals surface area contributed by atoms with Gasteiger partial charge in [0.1, 0.15) is 12.8 Å².